The van der Waals surface area contributed by atoms with Crippen LogP contribution in [0, 0.1) is 5.92 Å². The monoisotopic (exact) mass is 322 g/mol. The number of carbonyl (C=O) groups is 2. The van der Waals surface area contributed by atoms with Gasteiger partial charge in [-0.15, -0.1) is 0 Å². The topological polar surface area (TPSA) is 70.2 Å². The number of carbonyl (C=O) groups excluding carboxylic acids is 2. The number of nitrogens with zero attached hydrogens (tertiary/aromatic N) is 1. The van der Waals surface area contributed by atoms with Gasteiger partial charge < -0.3 is 9.88 Å². The lowest BCUT2D eigenvalue weighted by Gasteiger charge is -2.22. The Balaban J connectivity index is 1.75. The summed E-state index contributed by atoms with van der Waals surface area (Å²) >= 11 is 0. The number of aromatic amines is 1. The minimum absolute atomic E-state index is 0.00382. The highest BCUT2D eigenvalue weighted by Crippen LogP contribution is 2.29. The number of rotatable bonds is 1. The second kappa shape index (κ2) is 5.44. The molecule has 0 saturated carbocycles. The summed E-state index contributed by atoms with van der Waals surface area (Å²) < 4.78 is 0. The molecular formula is C19H18N2O3. The van der Waals surface area contributed by atoms with E-state index in [4.69, 9.17) is 0 Å². The van der Waals surface area contributed by atoms with E-state index in [1.165, 1.54) is 6.07 Å². The number of anilines is 1. The number of fused-ring (bicyclic) bond motifs is 2. The van der Waals surface area contributed by atoms with Gasteiger partial charge >= 0.3 is 0 Å². The Kier molecular flexibility index (Phi) is 3.37. The van der Waals surface area contributed by atoms with Gasteiger partial charge in [-0.3, -0.25) is 14.4 Å². The number of ketones is 1. The zero-order valence-corrected chi connectivity index (χ0v) is 13.5. The molecule has 2 aliphatic rings. The molecule has 0 spiro atoms. The summed E-state index contributed by atoms with van der Waals surface area (Å²) in [7, 11) is 0. The lowest BCUT2D eigenvalue weighted by molar-refractivity contribution is 0.0952. The summed E-state index contributed by atoms with van der Waals surface area (Å²) in [6.45, 7) is 2.54. The SMILES string of the molecule is CC1CC(=O)c2cc(C(=O)N3CCc4ccccc43)c(=O)[nH]c2C1. The largest absolute Gasteiger partial charge is 0.325 e. The van der Waals surface area contributed by atoms with Crippen molar-refractivity contribution in [2.24, 2.45) is 5.92 Å². The third-order valence-corrected chi connectivity index (χ3v) is 4.87. The van der Waals surface area contributed by atoms with Crippen molar-refractivity contribution in [2.75, 3.05) is 11.4 Å². The van der Waals surface area contributed by atoms with Crippen LogP contribution in [-0.4, -0.2) is 23.2 Å². The fourth-order valence-corrected chi connectivity index (χ4v) is 3.68. The number of amides is 1. The summed E-state index contributed by atoms with van der Waals surface area (Å²) in [5.74, 6) is -0.126. The van der Waals surface area contributed by atoms with Gasteiger partial charge in [0.15, 0.2) is 5.78 Å². The van der Waals surface area contributed by atoms with Gasteiger partial charge in [-0.1, -0.05) is 25.1 Å². The maximum absolute atomic E-state index is 12.9. The molecule has 122 valence electrons. The Hall–Kier alpha value is -2.69. The van der Waals surface area contributed by atoms with Crippen LogP contribution in [0.4, 0.5) is 5.69 Å². The maximum Gasteiger partial charge on any atom is 0.263 e. The molecule has 1 unspecified atom stereocenters. The van der Waals surface area contributed by atoms with Crippen LogP contribution in [0.2, 0.25) is 0 Å². The smallest absolute Gasteiger partial charge is 0.263 e. The van der Waals surface area contributed by atoms with E-state index in [-0.39, 0.29) is 23.2 Å². The number of H-pyrrole nitrogens is 1. The van der Waals surface area contributed by atoms with Crippen LogP contribution in [0.15, 0.2) is 35.1 Å². The third-order valence-electron chi connectivity index (χ3n) is 4.87. The number of hydrogen-bond donors (Lipinski definition) is 1. The van der Waals surface area contributed by atoms with Gasteiger partial charge in [-0.2, -0.15) is 0 Å². The number of aromatic nitrogens is 1. The van der Waals surface area contributed by atoms with Crippen molar-refractivity contribution in [3.63, 3.8) is 0 Å². The molecule has 1 amide bonds. The Morgan fingerprint density at radius 3 is 2.83 bits per heavy atom. The molecule has 2 aromatic rings. The fourth-order valence-electron chi connectivity index (χ4n) is 3.68. The van der Waals surface area contributed by atoms with E-state index in [1.54, 1.807) is 4.90 Å². The summed E-state index contributed by atoms with van der Waals surface area (Å²) in [5, 5.41) is 0. The van der Waals surface area contributed by atoms with E-state index in [9.17, 15) is 14.4 Å². The van der Waals surface area contributed by atoms with Crippen LogP contribution in [-0.2, 0) is 12.8 Å². The number of para-hydroxylation sites is 1. The number of benzene rings is 1. The lowest BCUT2D eigenvalue weighted by Crippen LogP contribution is -2.35. The maximum atomic E-state index is 12.9. The first-order chi connectivity index (χ1) is 11.5. The Bertz CT molecular complexity index is 913. The predicted octanol–water partition coefficient (Wildman–Crippen LogP) is 2.34. The summed E-state index contributed by atoms with van der Waals surface area (Å²) in [5.41, 5.74) is 2.73. The quantitative estimate of drug-likeness (QED) is 0.876. The molecule has 1 aliphatic carbocycles. The number of nitrogens with one attached hydrogen (secondary N) is 1. The van der Waals surface area contributed by atoms with Crippen LogP contribution in [0.5, 0.6) is 0 Å². The zero-order valence-electron chi connectivity index (χ0n) is 13.5. The number of pyridine rings is 1. The van der Waals surface area contributed by atoms with E-state index in [0.29, 0.717) is 30.6 Å². The number of Topliss-reactive ketones (excluding diaryl/α,β-unsaturated/α-hetero) is 1. The highest BCUT2D eigenvalue weighted by Gasteiger charge is 2.30. The first kappa shape index (κ1) is 14.9. The molecule has 1 aliphatic heterocycles. The lowest BCUT2D eigenvalue weighted by atomic mass is 9.86. The van der Waals surface area contributed by atoms with Crippen molar-refractivity contribution in [1.29, 1.82) is 0 Å². The molecule has 5 nitrogen and oxygen atoms in total. The molecule has 0 bridgehead atoms. The molecule has 1 N–H and O–H groups in total. The number of hydrogen-bond acceptors (Lipinski definition) is 3. The van der Waals surface area contributed by atoms with E-state index >= 15 is 0 Å². The van der Waals surface area contributed by atoms with E-state index < -0.39 is 5.56 Å². The third kappa shape index (κ3) is 2.28. The molecule has 4 rings (SSSR count). The van der Waals surface area contributed by atoms with Crippen molar-refractivity contribution >= 4 is 17.4 Å². The first-order valence-electron chi connectivity index (χ1n) is 8.24. The normalized spacial score (nSPS) is 19.1. The standard InChI is InChI=1S/C19H18N2O3/c1-11-8-15-13(17(22)9-11)10-14(18(23)20-15)19(24)21-7-6-12-4-2-3-5-16(12)21/h2-5,10-11H,6-9H2,1H3,(H,20,23). The van der Waals surface area contributed by atoms with Gasteiger partial charge in [0.2, 0.25) is 0 Å². The van der Waals surface area contributed by atoms with Gasteiger partial charge in [0.1, 0.15) is 5.56 Å². The van der Waals surface area contributed by atoms with E-state index in [2.05, 4.69) is 4.98 Å². The molecule has 0 saturated heterocycles. The second-order valence-electron chi connectivity index (χ2n) is 6.68. The average molecular weight is 322 g/mol. The molecule has 1 aromatic carbocycles. The van der Waals surface area contributed by atoms with E-state index in [0.717, 1.165) is 17.7 Å². The minimum Gasteiger partial charge on any atom is -0.325 e. The second-order valence-corrected chi connectivity index (χ2v) is 6.68. The Labute approximate surface area is 139 Å². The van der Waals surface area contributed by atoms with Crippen LogP contribution < -0.4 is 10.5 Å². The summed E-state index contributed by atoms with van der Waals surface area (Å²) in [6, 6.07) is 9.20. The molecule has 1 atom stereocenters. The van der Waals surface area contributed by atoms with Crippen LogP contribution >= 0.6 is 0 Å². The fraction of sp³-hybridized carbons (Fsp3) is 0.316. The highest BCUT2D eigenvalue weighted by atomic mass is 16.2. The summed E-state index contributed by atoms with van der Waals surface area (Å²) in [4.78, 5) is 41.9. The van der Waals surface area contributed by atoms with Crippen molar-refractivity contribution in [3.05, 3.63) is 63.1 Å². The molecule has 24 heavy (non-hydrogen) atoms. The van der Waals surface area contributed by atoms with Gasteiger partial charge in [-0.25, -0.2) is 0 Å². The zero-order chi connectivity index (χ0) is 16.8. The van der Waals surface area contributed by atoms with Gasteiger partial charge in [0.05, 0.1) is 0 Å². The van der Waals surface area contributed by atoms with Crippen LogP contribution in [0.3, 0.4) is 0 Å². The minimum atomic E-state index is -0.412. The van der Waals surface area contributed by atoms with Crippen molar-refractivity contribution in [3.8, 4) is 0 Å². The Morgan fingerprint density at radius 1 is 1.21 bits per heavy atom. The van der Waals surface area contributed by atoms with Gasteiger partial charge in [0.25, 0.3) is 11.5 Å². The molecule has 2 heterocycles. The van der Waals surface area contributed by atoms with Crippen molar-refractivity contribution in [2.45, 2.75) is 26.2 Å². The van der Waals surface area contributed by atoms with Gasteiger partial charge in [-0.05, 0) is 36.5 Å². The van der Waals surface area contributed by atoms with Crippen molar-refractivity contribution in [1.82, 2.24) is 4.98 Å². The van der Waals surface area contributed by atoms with Gasteiger partial charge in [0, 0.05) is 29.9 Å². The van der Waals surface area contributed by atoms with E-state index in [1.807, 2.05) is 31.2 Å². The molecule has 5 heteroatoms. The predicted molar refractivity (Wildman–Crippen MR) is 90.7 cm³/mol. The highest BCUT2D eigenvalue weighted by molar-refractivity contribution is 6.09. The molecule has 1 aromatic heterocycles. The molecule has 0 fully saturated rings. The Morgan fingerprint density at radius 2 is 2.00 bits per heavy atom. The molecule has 0 radical (unpaired) electrons. The van der Waals surface area contributed by atoms with Crippen molar-refractivity contribution < 1.29 is 9.59 Å². The first-order valence-corrected chi connectivity index (χ1v) is 8.24. The molecular weight excluding hydrogens is 304 g/mol. The van der Waals surface area contributed by atoms with Crippen LogP contribution in [0.25, 0.3) is 0 Å². The average Bonchev–Trinajstić information content (AvgIpc) is 2.97. The summed E-state index contributed by atoms with van der Waals surface area (Å²) in [6.07, 6.45) is 1.90. The van der Waals surface area contributed by atoms with Crippen LogP contribution in [0.1, 0.15) is 45.3 Å².